The minimum absolute atomic E-state index is 0.324. The molecule has 17 heavy (non-hydrogen) atoms. The molecule has 1 heterocycles. The third-order valence-electron chi connectivity index (χ3n) is 3.22. The molecule has 0 N–H and O–H groups in total. The van der Waals surface area contributed by atoms with Gasteiger partial charge in [0.05, 0.1) is 24.4 Å². The lowest BCUT2D eigenvalue weighted by molar-refractivity contribution is 0.00578. The first-order valence-electron chi connectivity index (χ1n) is 5.91. The molecule has 1 saturated heterocycles. The Labute approximate surface area is 105 Å². The van der Waals surface area contributed by atoms with Crippen molar-refractivity contribution in [2.45, 2.75) is 45.8 Å². The van der Waals surface area contributed by atoms with Crippen molar-refractivity contribution in [3.63, 3.8) is 0 Å². The van der Waals surface area contributed by atoms with Crippen LogP contribution in [0.5, 0.6) is 0 Å². The fourth-order valence-electron chi connectivity index (χ4n) is 1.43. The normalized spacial score (nSPS) is 21.6. The molecular formula is C13H23BO3. The molecule has 0 amide bonds. The van der Waals surface area contributed by atoms with Crippen LogP contribution in [0, 0.1) is 0 Å². The zero-order valence-electron chi connectivity index (χ0n) is 11.6. The monoisotopic (exact) mass is 238 g/mol. The van der Waals surface area contributed by atoms with Crippen LogP contribution in [0.3, 0.4) is 0 Å². The number of ether oxygens (including phenoxy) is 1. The van der Waals surface area contributed by atoms with Gasteiger partial charge in [-0.25, -0.2) is 0 Å². The van der Waals surface area contributed by atoms with Crippen LogP contribution < -0.4 is 0 Å². The number of hydrogen-bond donors (Lipinski definition) is 0. The molecule has 0 saturated carbocycles. The first-order chi connectivity index (χ1) is 7.66. The van der Waals surface area contributed by atoms with Gasteiger partial charge in [-0.2, -0.15) is 0 Å². The minimum atomic E-state index is -0.384. The van der Waals surface area contributed by atoms with E-state index in [4.69, 9.17) is 14.0 Å². The van der Waals surface area contributed by atoms with Crippen LogP contribution in [-0.2, 0) is 14.0 Å². The van der Waals surface area contributed by atoms with Crippen molar-refractivity contribution in [3.05, 3.63) is 24.2 Å². The Kier molecular flexibility index (Phi) is 4.23. The molecule has 0 aliphatic carbocycles. The van der Waals surface area contributed by atoms with E-state index in [1.807, 2.05) is 34.6 Å². The van der Waals surface area contributed by atoms with Crippen molar-refractivity contribution in [3.8, 4) is 0 Å². The lowest BCUT2D eigenvalue weighted by atomic mass is 9.80. The molecule has 3 nitrogen and oxygen atoms in total. The van der Waals surface area contributed by atoms with Crippen LogP contribution in [0.15, 0.2) is 24.2 Å². The molecular weight excluding hydrogens is 215 g/mol. The molecule has 1 aliphatic rings. The van der Waals surface area contributed by atoms with Gasteiger partial charge >= 0.3 is 7.12 Å². The van der Waals surface area contributed by atoms with E-state index in [0.29, 0.717) is 13.2 Å². The van der Waals surface area contributed by atoms with Gasteiger partial charge in [0.25, 0.3) is 0 Å². The summed E-state index contributed by atoms with van der Waals surface area (Å²) in [7, 11) is -0.384. The summed E-state index contributed by atoms with van der Waals surface area (Å²) in [4.78, 5) is 0. The third-order valence-corrected chi connectivity index (χ3v) is 3.22. The van der Waals surface area contributed by atoms with Crippen molar-refractivity contribution in [2.24, 2.45) is 0 Å². The van der Waals surface area contributed by atoms with E-state index in [0.717, 1.165) is 11.0 Å². The predicted molar refractivity (Wildman–Crippen MR) is 70.9 cm³/mol. The fraction of sp³-hybridized carbons (Fsp3) is 0.692. The van der Waals surface area contributed by atoms with Crippen molar-refractivity contribution in [1.29, 1.82) is 0 Å². The Morgan fingerprint density at radius 2 is 1.53 bits per heavy atom. The minimum Gasteiger partial charge on any atom is -0.400 e. The van der Waals surface area contributed by atoms with Crippen molar-refractivity contribution in [1.82, 2.24) is 0 Å². The zero-order chi connectivity index (χ0) is 13.3. The molecule has 0 spiro atoms. The van der Waals surface area contributed by atoms with Gasteiger partial charge in [-0.15, -0.1) is 6.58 Å². The van der Waals surface area contributed by atoms with Gasteiger partial charge in [0.1, 0.15) is 0 Å². The van der Waals surface area contributed by atoms with E-state index in [1.54, 1.807) is 0 Å². The second kappa shape index (κ2) is 4.97. The molecule has 0 bridgehead atoms. The molecule has 1 rings (SSSR count). The van der Waals surface area contributed by atoms with Crippen molar-refractivity contribution < 1.29 is 14.0 Å². The molecule has 0 atom stereocenters. The highest BCUT2D eigenvalue weighted by Gasteiger charge is 2.51. The van der Waals surface area contributed by atoms with Crippen molar-refractivity contribution in [2.75, 3.05) is 13.2 Å². The summed E-state index contributed by atoms with van der Waals surface area (Å²) in [5, 5.41) is 0. The van der Waals surface area contributed by atoms with Gasteiger partial charge in [0, 0.05) is 0 Å². The molecule has 0 unspecified atom stereocenters. The van der Waals surface area contributed by atoms with E-state index in [-0.39, 0.29) is 18.3 Å². The SMILES string of the molecule is C=C(C)COCC(=C)B1OC(C)(C)C(C)(C)O1. The van der Waals surface area contributed by atoms with E-state index >= 15 is 0 Å². The average molecular weight is 238 g/mol. The van der Waals surface area contributed by atoms with Crippen LogP contribution >= 0.6 is 0 Å². The Morgan fingerprint density at radius 3 is 1.94 bits per heavy atom. The maximum atomic E-state index is 5.86. The van der Waals surface area contributed by atoms with Crippen LogP contribution in [-0.4, -0.2) is 31.5 Å². The molecule has 0 radical (unpaired) electrons. The third kappa shape index (κ3) is 3.44. The van der Waals surface area contributed by atoms with Gasteiger partial charge in [-0.3, -0.25) is 0 Å². The van der Waals surface area contributed by atoms with Crippen molar-refractivity contribution >= 4 is 7.12 Å². The van der Waals surface area contributed by atoms with Gasteiger partial charge in [-0.05, 0) is 40.1 Å². The van der Waals surface area contributed by atoms with E-state index < -0.39 is 0 Å². The lowest BCUT2D eigenvalue weighted by Gasteiger charge is -2.32. The molecule has 1 fully saturated rings. The summed E-state index contributed by atoms with van der Waals surface area (Å²) < 4.78 is 17.2. The Hall–Kier alpha value is -0.575. The summed E-state index contributed by atoms with van der Waals surface area (Å²) in [6.07, 6.45) is 0. The molecule has 1 aliphatic heterocycles. The lowest BCUT2D eigenvalue weighted by Crippen LogP contribution is -2.41. The first kappa shape index (κ1) is 14.5. The Bertz CT molecular complexity index is 305. The molecule has 0 aromatic carbocycles. The van der Waals surface area contributed by atoms with Gasteiger partial charge < -0.3 is 14.0 Å². The van der Waals surface area contributed by atoms with Gasteiger partial charge in [-0.1, -0.05) is 12.2 Å². The van der Waals surface area contributed by atoms with E-state index in [2.05, 4.69) is 13.2 Å². The summed E-state index contributed by atoms with van der Waals surface area (Å²) in [5.74, 6) is 0. The predicted octanol–water partition coefficient (Wildman–Crippen LogP) is 2.77. The molecule has 96 valence electrons. The second-order valence-electron chi connectivity index (χ2n) is 5.70. The van der Waals surface area contributed by atoms with E-state index in [1.165, 1.54) is 0 Å². The molecule has 0 aromatic heterocycles. The highest BCUT2D eigenvalue weighted by Crippen LogP contribution is 2.38. The highest BCUT2D eigenvalue weighted by atomic mass is 16.7. The standard InChI is InChI=1S/C13H23BO3/c1-10(2)8-15-9-11(3)14-16-12(4,5)13(6,7)17-14/h1,3,8-9H2,2,4-7H3. The van der Waals surface area contributed by atoms with Crippen LogP contribution in [0.1, 0.15) is 34.6 Å². The summed E-state index contributed by atoms with van der Waals surface area (Å²) in [5.41, 5.74) is 1.15. The van der Waals surface area contributed by atoms with Crippen LogP contribution in [0.2, 0.25) is 0 Å². The second-order valence-corrected chi connectivity index (χ2v) is 5.70. The summed E-state index contributed by atoms with van der Waals surface area (Å²) in [6.45, 7) is 18.7. The average Bonchev–Trinajstić information content (AvgIpc) is 2.35. The fourth-order valence-corrected chi connectivity index (χ4v) is 1.43. The Morgan fingerprint density at radius 1 is 1.06 bits per heavy atom. The topological polar surface area (TPSA) is 27.7 Å². The zero-order valence-corrected chi connectivity index (χ0v) is 11.6. The molecule has 0 aromatic rings. The molecule has 4 heteroatoms. The number of hydrogen-bond acceptors (Lipinski definition) is 3. The largest absolute Gasteiger partial charge is 0.492 e. The maximum Gasteiger partial charge on any atom is 0.492 e. The first-order valence-corrected chi connectivity index (χ1v) is 5.91. The van der Waals surface area contributed by atoms with Gasteiger partial charge in [0.15, 0.2) is 0 Å². The van der Waals surface area contributed by atoms with Crippen LogP contribution in [0.4, 0.5) is 0 Å². The smallest absolute Gasteiger partial charge is 0.400 e. The summed E-state index contributed by atoms with van der Waals surface area (Å²) in [6, 6.07) is 0. The van der Waals surface area contributed by atoms with Crippen LogP contribution in [0.25, 0.3) is 0 Å². The maximum absolute atomic E-state index is 5.86. The number of rotatable bonds is 5. The highest BCUT2D eigenvalue weighted by molar-refractivity contribution is 6.54. The van der Waals surface area contributed by atoms with Gasteiger partial charge in [0.2, 0.25) is 0 Å². The quantitative estimate of drug-likeness (QED) is 0.544. The Balaban J connectivity index is 2.48. The summed E-state index contributed by atoms with van der Waals surface area (Å²) >= 11 is 0. The van der Waals surface area contributed by atoms with E-state index in [9.17, 15) is 0 Å².